The molecule has 0 saturated heterocycles. The van der Waals surface area contributed by atoms with Crippen molar-refractivity contribution in [2.45, 2.75) is 51.0 Å². The van der Waals surface area contributed by atoms with Crippen molar-refractivity contribution in [1.82, 2.24) is 19.9 Å². The number of hydrogen-bond donors (Lipinski definition) is 1. The molecule has 1 N–H and O–H groups in total. The number of H-pyrrole nitrogens is 1. The van der Waals surface area contributed by atoms with Gasteiger partial charge in [-0.15, -0.1) is 0 Å². The van der Waals surface area contributed by atoms with Crippen LogP contribution in [0.1, 0.15) is 56.0 Å². The summed E-state index contributed by atoms with van der Waals surface area (Å²) in [5.74, 6) is 3.68. The van der Waals surface area contributed by atoms with E-state index in [1.807, 2.05) is 12.4 Å². The van der Waals surface area contributed by atoms with Gasteiger partial charge in [0.15, 0.2) is 0 Å². The molecule has 0 radical (unpaired) electrons. The molecule has 5 rings (SSSR count). The molecular weight excluding hydrogens is 286 g/mol. The summed E-state index contributed by atoms with van der Waals surface area (Å²) in [4.78, 5) is 19.2. The quantitative estimate of drug-likeness (QED) is 0.853. The third kappa shape index (κ3) is 2.73. The number of aromatic nitrogens is 4. The first-order valence-electron chi connectivity index (χ1n) is 8.88. The number of nitrogens with one attached hydrogen (secondary N) is 1. The zero-order valence-corrected chi connectivity index (χ0v) is 13.4. The van der Waals surface area contributed by atoms with Gasteiger partial charge >= 0.3 is 0 Å². The van der Waals surface area contributed by atoms with Gasteiger partial charge < -0.3 is 9.88 Å². The molecule has 23 heavy (non-hydrogen) atoms. The van der Waals surface area contributed by atoms with E-state index >= 15 is 0 Å². The van der Waals surface area contributed by atoms with Gasteiger partial charge in [-0.05, 0) is 55.9 Å². The van der Waals surface area contributed by atoms with E-state index in [4.69, 9.17) is 4.98 Å². The first-order chi connectivity index (χ1) is 11.3. The molecule has 0 amide bonds. The first kappa shape index (κ1) is 13.5. The van der Waals surface area contributed by atoms with Crippen molar-refractivity contribution < 1.29 is 0 Å². The molecule has 120 valence electrons. The summed E-state index contributed by atoms with van der Waals surface area (Å²) in [6.07, 6.45) is 13.7. The Balaban J connectivity index is 1.42. The maximum absolute atomic E-state index is 4.89. The van der Waals surface area contributed by atoms with Crippen molar-refractivity contribution in [2.75, 3.05) is 11.4 Å². The molecule has 0 bridgehead atoms. The van der Waals surface area contributed by atoms with E-state index in [1.54, 1.807) is 6.33 Å². The van der Waals surface area contributed by atoms with Crippen LogP contribution >= 0.6 is 0 Å². The van der Waals surface area contributed by atoms with Gasteiger partial charge in [-0.2, -0.15) is 0 Å². The highest BCUT2D eigenvalue weighted by Crippen LogP contribution is 2.61. The maximum Gasteiger partial charge on any atom is 0.133 e. The number of nitrogens with zero attached hydrogens (tertiary/aromatic N) is 4. The summed E-state index contributed by atoms with van der Waals surface area (Å²) in [5.41, 5.74) is 1.72. The van der Waals surface area contributed by atoms with Gasteiger partial charge in [0.25, 0.3) is 0 Å². The van der Waals surface area contributed by atoms with Crippen LogP contribution in [0.4, 0.5) is 5.82 Å². The largest absolute Gasteiger partial charge is 0.350 e. The van der Waals surface area contributed by atoms with Crippen LogP contribution in [0.2, 0.25) is 0 Å². The molecule has 5 nitrogen and oxygen atoms in total. The summed E-state index contributed by atoms with van der Waals surface area (Å²) >= 11 is 0. The van der Waals surface area contributed by atoms with Crippen LogP contribution in [-0.4, -0.2) is 26.5 Å². The Morgan fingerprint density at radius 2 is 2.09 bits per heavy atom. The maximum atomic E-state index is 4.89. The fourth-order valence-electron chi connectivity index (χ4n) is 3.80. The van der Waals surface area contributed by atoms with Crippen molar-refractivity contribution in [3.05, 3.63) is 36.3 Å². The lowest BCUT2D eigenvalue weighted by molar-refractivity contribution is 0.430. The number of anilines is 1. The lowest BCUT2D eigenvalue weighted by Gasteiger charge is -2.28. The highest BCUT2D eigenvalue weighted by molar-refractivity contribution is 5.40. The van der Waals surface area contributed by atoms with Crippen molar-refractivity contribution in [2.24, 2.45) is 11.3 Å². The van der Waals surface area contributed by atoms with Crippen molar-refractivity contribution in [3.8, 4) is 0 Å². The van der Waals surface area contributed by atoms with E-state index in [1.165, 1.54) is 38.5 Å². The van der Waals surface area contributed by atoms with E-state index in [0.29, 0.717) is 11.3 Å². The number of hydrogen-bond acceptors (Lipinski definition) is 4. The zero-order chi connectivity index (χ0) is 15.3. The van der Waals surface area contributed by atoms with Crippen LogP contribution in [0, 0.1) is 11.3 Å². The fraction of sp³-hybridized carbons (Fsp3) is 0.611. The number of aromatic amines is 1. The molecule has 0 spiro atoms. The van der Waals surface area contributed by atoms with Gasteiger partial charge in [0.2, 0.25) is 0 Å². The number of rotatable bonds is 7. The third-order valence-electron chi connectivity index (χ3n) is 5.68. The molecule has 0 aliphatic heterocycles. The molecule has 2 aromatic rings. The van der Waals surface area contributed by atoms with E-state index < -0.39 is 0 Å². The molecule has 5 heteroatoms. The monoisotopic (exact) mass is 309 g/mol. The zero-order valence-electron chi connectivity index (χ0n) is 13.4. The SMILES string of the molecule is c1cc(N(Cc2cnc[nH]2)CC2(C3CC3)CC2)nc(C2CC2)n1. The molecule has 2 aromatic heterocycles. The molecule has 3 aliphatic carbocycles. The van der Waals surface area contributed by atoms with Gasteiger partial charge in [0.1, 0.15) is 11.6 Å². The summed E-state index contributed by atoms with van der Waals surface area (Å²) < 4.78 is 0. The molecule has 0 aromatic carbocycles. The van der Waals surface area contributed by atoms with Gasteiger partial charge in [0.05, 0.1) is 18.6 Å². The van der Waals surface area contributed by atoms with Crippen LogP contribution < -0.4 is 4.90 Å². The number of imidazole rings is 1. The Morgan fingerprint density at radius 1 is 1.22 bits per heavy atom. The van der Waals surface area contributed by atoms with Crippen LogP contribution in [0.25, 0.3) is 0 Å². The van der Waals surface area contributed by atoms with Crippen LogP contribution in [-0.2, 0) is 6.54 Å². The minimum absolute atomic E-state index is 0.560. The second-order valence-electron chi connectivity index (χ2n) is 7.62. The summed E-state index contributed by atoms with van der Waals surface area (Å²) in [6.45, 7) is 1.98. The van der Waals surface area contributed by atoms with Crippen LogP contribution in [0.3, 0.4) is 0 Å². The van der Waals surface area contributed by atoms with E-state index in [2.05, 4.69) is 25.9 Å². The second-order valence-corrected chi connectivity index (χ2v) is 7.62. The topological polar surface area (TPSA) is 57.7 Å². The molecule has 2 heterocycles. The Kier molecular flexibility index (Phi) is 2.97. The highest BCUT2D eigenvalue weighted by atomic mass is 15.2. The minimum Gasteiger partial charge on any atom is -0.350 e. The van der Waals surface area contributed by atoms with Crippen LogP contribution in [0.5, 0.6) is 0 Å². The highest BCUT2D eigenvalue weighted by Gasteiger charge is 2.54. The Labute approximate surface area is 136 Å². The fourth-order valence-corrected chi connectivity index (χ4v) is 3.80. The first-order valence-corrected chi connectivity index (χ1v) is 8.88. The molecule has 3 fully saturated rings. The van der Waals surface area contributed by atoms with Crippen molar-refractivity contribution in [1.29, 1.82) is 0 Å². The van der Waals surface area contributed by atoms with Crippen LogP contribution in [0.15, 0.2) is 24.8 Å². The predicted molar refractivity (Wildman–Crippen MR) is 88.0 cm³/mol. The Hall–Kier alpha value is -1.91. The molecule has 3 aliphatic rings. The molecule has 0 unspecified atom stereocenters. The molecule has 0 atom stereocenters. The van der Waals surface area contributed by atoms with Gasteiger partial charge in [0, 0.05) is 24.9 Å². The third-order valence-corrected chi connectivity index (χ3v) is 5.68. The smallest absolute Gasteiger partial charge is 0.133 e. The van der Waals surface area contributed by atoms with E-state index in [-0.39, 0.29) is 0 Å². The normalized spacial score (nSPS) is 22.1. The summed E-state index contributed by atoms with van der Waals surface area (Å²) in [7, 11) is 0. The summed E-state index contributed by atoms with van der Waals surface area (Å²) in [6, 6.07) is 2.07. The van der Waals surface area contributed by atoms with Crippen molar-refractivity contribution >= 4 is 5.82 Å². The lowest BCUT2D eigenvalue weighted by Crippen LogP contribution is -2.32. The molecule has 3 saturated carbocycles. The average molecular weight is 309 g/mol. The van der Waals surface area contributed by atoms with Gasteiger partial charge in [-0.25, -0.2) is 15.0 Å². The van der Waals surface area contributed by atoms with Gasteiger partial charge in [-0.3, -0.25) is 0 Å². The Bertz CT molecular complexity index is 683. The standard InChI is InChI=1S/C18H23N5/c1-2-13(1)17-20-8-5-16(22-17)23(10-15-9-19-12-21-15)11-18(6-7-18)14-3-4-14/h5,8-9,12-14H,1-4,6-7,10-11H2,(H,19,21). The Morgan fingerprint density at radius 3 is 2.74 bits per heavy atom. The second kappa shape index (κ2) is 5.05. The average Bonchev–Trinajstić information content (AvgIpc) is 3.43. The van der Waals surface area contributed by atoms with E-state index in [0.717, 1.165) is 36.3 Å². The summed E-state index contributed by atoms with van der Waals surface area (Å²) in [5, 5.41) is 0. The lowest BCUT2D eigenvalue weighted by atomic mass is 10.00. The van der Waals surface area contributed by atoms with Crippen molar-refractivity contribution in [3.63, 3.8) is 0 Å². The molecular formula is C18H23N5. The van der Waals surface area contributed by atoms with Gasteiger partial charge in [-0.1, -0.05) is 0 Å². The van der Waals surface area contributed by atoms with E-state index in [9.17, 15) is 0 Å². The minimum atomic E-state index is 0.560. The predicted octanol–water partition coefficient (Wildman–Crippen LogP) is 3.27.